The van der Waals surface area contributed by atoms with E-state index in [1.807, 2.05) is 0 Å². The molecule has 0 aliphatic heterocycles. The number of hydrogen-bond acceptors (Lipinski definition) is 0. The maximum Gasteiger partial charge on any atom is 0.0619 e. The van der Waals surface area contributed by atoms with Crippen molar-refractivity contribution in [2.24, 2.45) is 0 Å². The zero-order chi connectivity index (χ0) is 32.1. The number of benzene rings is 9. The average Bonchev–Trinajstić information content (AvgIpc) is 3.68. The number of fused-ring (bicyclic) bond motifs is 9. The quantitative estimate of drug-likeness (QED) is 0.185. The van der Waals surface area contributed by atoms with Gasteiger partial charge < -0.3 is 4.57 Å². The van der Waals surface area contributed by atoms with Gasteiger partial charge in [0.1, 0.15) is 0 Å². The van der Waals surface area contributed by atoms with Crippen LogP contribution in [0.25, 0.3) is 104 Å². The van der Waals surface area contributed by atoms with Crippen LogP contribution in [-0.2, 0) is 0 Å². The van der Waals surface area contributed by atoms with Crippen molar-refractivity contribution >= 4 is 54.1 Å². The minimum Gasteiger partial charge on any atom is -0.309 e. The molecule has 9 aromatic carbocycles. The van der Waals surface area contributed by atoms with E-state index in [0.29, 0.717) is 0 Å². The average molecular weight is 620 g/mol. The number of para-hydroxylation sites is 2. The van der Waals surface area contributed by atoms with Crippen LogP contribution in [0.1, 0.15) is 0 Å². The monoisotopic (exact) mass is 619 g/mol. The Morgan fingerprint density at radius 2 is 0.939 bits per heavy atom. The first kappa shape index (κ1) is 26.6. The Balaban J connectivity index is 1.08. The molecule has 0 fully saturated rings. The van der Waals surface area contributed by atoms with Gasteiger partial charge in [-0.25, -0.2) is 0 Å². The molecule has 1 aromatic heterocycles. The summed E-state index contributed by atoms with van der Waals surface area (Å²) < 4.78 is 2.43. The van der Waals surface area contributed by atoms with Gasteiger partial charge in [0, 0.05) is 21.8 Å². The molecule has 0 radical (unpaired) electrons. The molecule has 0 saturated carbocycles. The fourth-order valence-corrected chi connectivity index (χ4v) is 8.48. The molecule has 0 bridgehead atoms. The number of rotatable bonds is 3. The summed E-state index contributed by atoms with van der Waals surface area (Å²) in [6, 6.07) is 65.0. The van der Waals surface area contributed by atoms with Gasteiger partial charge in [0.05, 0.1) is 11.0 Å². The molecule has 0 amide bonds. The molecule has 10 aromatic rings. The van der Waals surface area contributed by atoms with Crippen molar-refractivity contribution in [3.05, 3.63) is 176 Å². The highest BCUT2D eigenvalue weighted by molar-refractivity contribution is 6.22. The largest absolute Gasteiger partial charge is 0.309 e. The lowest BCUT2D eigenvalue weighted by Gasteiger charge is -2.14. The van der Waals surface area contributed by atoms with Gasteiger partial charge in [-0.15, -0.1) is 0 Å². The van der Waals surface area contributed by atoms with Crippen LogP contribution in [-0.4, -0.2) is 4.57 Å². The van der Waals surface area contributed by atoms with Crippen molar-refractivity contribution in [3.8, 4) is 50.2 Å². The SMILES string of the molecule is c1ccc(-n2c3ccccc3c3cc(-c4ccc5cc(-c6cc7c8c(cccc8c6)-c6ccccc6-7)ccc5c4)c4ccccc4c32)cc1. The van der Waals surface area contributed by atoms with Gasteiger partial charge in [-0.3, -0.25) is 0 Å². The highest BCUT2D eigenvalue weighted by Gasteiger charge is 2.22. The molecular formula is C48H29N. The first-order chi connectivity index (χ1) is 24.3. The third-order valence-corrected chi connectivity index (χ3v) is 10.7. The maximum atomic E-state index is 2.43. The van der Waals surface area contributed by atoms with E-state index in [4.69, 9.17) is 0 Å². The van der Waals surface area contributed by atoms with Crippen molar-refractivity contribution < 1.29 is 0 Å². The van der Waals surface area contributed by atoms with E-state index >= 15 is 0 Å². The predicted molar refractivity (Wildman–Crippen MR) is 209 cm³/mol. The maximum absolute atomic E-state index is 2.43. The first-order valence-electron chi connectivity index (χ1n) is 17.0. The molecule has 1 aliphatic rings. The summed E-state index contributed by atoms with van der Waals surface area (Å²) in [5, 5.41) is 10.2. The highest BCUT2D eigenvalue weighted by Crippen LogP contribution is 2.49. The van der Waals surface area contributed by atoms with Gasteiger partial charge in [-0.2, -0.15) is 0 Å². The molecule has 1 aliphatic carbocycles. The second-order valence-electron chi connectivity index (χ2n) is 13.3. The minimum atomic E-state index is 1.18. The molecule has 0 spiro atoms. The van der Waals surface area contributed by atoms with Gasteiger partial charge in [-0.1, -0.05) is 127 Å². The zero-order valence-corrected chi connectivity index (χ0v) is 26.7. The zero-order valence-electron chi connectivity index (χ0n) is 26.7. The van der Waals surface area contributed by atoms with Crippen LogP contribution in [0.5, 0.6) is 0 Å². The van der Waals surface area contributed by atoms with Crippen LogP contribution in [0.2, 0.25) is 0 Å². The summed E-state index contributed by atoms with van der Waals surface area (Å²) in [5.41, 5.74) is 14.0. The van der Waals surface area contributed by atoms with Crippen molar-refractivity contribution in [1.82, 2.24) is 4.57 Å². The third kappa shape index (κ3) is 3.82. The van der Waals surface area contributed by atoms with Crippen LogP contribution in [0.3, 0.4) is 0 Å². The number of hydrogen-bond donors (Lipinski definition) is 0. The summed E-state index contributed by atoms with van der Waals surface area (Å²) >= 11 is 0. The fourth-order valence-electron chi connectivity index (χ4n) is 8.48. The Bertz CT molecular complexity index is 2980. The van der Waals surface area contributed by atoms with Gasteiger partial charge in [0.15, 0.2) is 0 Å². The van der Waals surface area contributed by atoms with E-state index in [1.54, 1.807) is 0 Å². The van der Waals surface area contributed by atoms with Crippen molar-refractivity contribution in [2.75, 3.05) is 0 Å². The van der Waals surface area contributed by atoms with Crippen LogP contribution in [0.15, 0.2) is 176 Å². The molecular weight excluding hydrogens is 591 g/mol. The summed E-state index contributed by atoms with van der Waals surface area (Å²) in [6.45, 7) is 0. The lowest BCUT2D eigenvalue weighted by atomic mass is 9.92. The molecule has 0 N–H and O–H groups in total. The van der Waals surface area contributed by atoms with Crippen LogP contribution < -0.4 is 0 Å². The second-order valence-corrected chi connectivity index (χ2v) is 13.3. The summed E-state index contributed by atoms with van der Waals surface area (Å²) in [5.74, 6) is 0. The van der Waals surface area contributed by atoms with Crippen LogP contribution in [0.4, 0.5) is 0 Å². The minimum absolute atomic E-state index is 1.18. The molecule has 11 rings (SSSR count). The van der Waals surface area contributed by atoms with Crippen LogP contribution in [0, 0.1) is 0 Å². The topological polar surface area (TPSA) is 4.93 Å². The van der Waals surface area contributed by atoms with E-state index in [0.717, 1.165) is 0 Å². The van der Waals surface area contributed by atoms with Crippen molar-refractivity contribution in [2.45, 2.75) is 0 Å². The molecule has 1 heterocycles. The summed E-state index contributed by atoms with van der Waals surface area (Å²) in [4.78, 5) is 0. The van der Waals surface area contributed by atoms with Gasteiger partial charge >= 0.3 is 0 Å². The summed E-state index contributed by atoms with van der Waals surface area (Å²) in [7, 11) is 0. The summed E-state index contributed by atoms with van der Waals surface area (Å²) in [6.07, 6.45) is 0. The van der Waals surface area contributed by atoms with E-state index in [-0.39, 0.29) is 0 Å². The van der Waals surface area contributed by atoms with E-state index in [2.05, 4.69) is 180 Å². The Morgan fingerprint density at radius 1 is 0.306 bits per heavy atom. The first-order valence-corrected chi connectivity index (χ1v) is 17.0. The number of aromatic nitrogens is 1. The molecule has 0 atom stereocenters. The molecule has 0 saturated heterocycles. The smallest absolute Gasteiger partial charge is 0.0619 e. The Hall–Kier alpha value is -6.44. The molecule has 1 heteroatoms. The van der Waals surface area contributed by atoms with Crippen molar-refractivity contribution in [1.29, 1.82) is 0 Å². The molecule has 0 unspecified atom stereocenters. The molecule has 226 valence electrons. The predicted octanol–water partition coefficient (Wildman–Crippen LogP) is 13.2. The van der Waals surface area contributed by atoms with Gasteiger partial charge in [0.2, 0.25) is 0 Å². The third-order valence-electron chi connectivity index (χ3n) is 10.7. The Kier molecular flexibility index (Phi) is 5.45. The highest BCUT2D eigenvalue weighted by atomic mass is 15.0. The fraction of sp³-hybridized carbons (Fsp3) is 0. The standard InChI is InChI=1S/C48H29N/c1-2-12-36(13-3-1)49-46-20-9-8-17-40(46)45-29-43(39-16-6-7-18-42(39)48(45)49)33-24-23-30-25-32(22-21-31(30)26-33)35-27-34-11-10-19-41-37-14-4-5-15-38(37)44(28-35)47(34)41/h1-29H. The molecule has 1 nitrogen and oxygen atoms in total. The van der Waals surface area contributed by atoms with Gasteiger partial charge in [0.25, 0.3) is 0 Å². The van der Waals surface area contributed by atoms with E-state index in [1.165, 1.54) is 104 Å². The molecule has 49 heavy (non-hydrogen) atoms. The van der Waals surface area contributed by atoms with Gasteiger partial charge in [-0.05, 0) is 120 Å². The normalized spacial score (nSPS) is 12.1. The second kappa shape index (κ2) is 10.0. The van der Waals surface area contributed by atoms with E-state index in [9.17, 15) is 0 Å². The van der Waals surface area contributed by atoms with E-state index < -0.39 is 0 Å². The lowest BCUT2D eigenvalue weighted by Crippen LogP contribution is -1.94. The van der Waals surface area contributed by atoms with Crippen LogP contribution >= 0.6 is 0 Å². The number of nitrogens with zero attached hydrogens (tertiary/aromatic N) is 1. The Labute approximate surface area is 283 Å². The van der Waals surface area contributed by atoms with Crippen molar-refractivity contribution in [3.63, 3.8) is 0 Å². The Morgan fingerprint density at radius 3 is 1.78 bits per heavy atom. The lowest BCUT2D eigenvalue weighted by molar-refractivity contribution is 1.19.